The number of anilines is 1. The lowest BCUT2D eigenvalue weighted by molar-refractivity contribution is 0.0738. The van der Waals surface area contributed by atoms with Crippen LogP contribution >= 0.6 is 0 Å². The van der Waals surface area contributed by atoms with Crippen molar-refractivity contribution in [2.24, 2.45) is 5.92 Å². The normalized spacial score (nSPS) is 23.0. The molecule has 2 aromatic heterocycles. The fraction of sp³-hybridized carbons (Fsp3) is 0.528. The first-order chi connectivity index (χ1) is 21.2. The number of nitrogens with zero attached hydrogens (tertiary/aromatic N) is 5. The molecule has 7 nitrogen and oxygen atoms in total. The molecular weight excluding hydrogens is 551 g/mol. The Balaban J connectivity index is 1.32. The van der Waals surface area contributed by atoms with E-state index in [0.717, 1.165) is 55.1 Å². The molecule has 1 saturated carbocycles. The third-order valence-corrected chi connectivity index (χ3v) is 10.8. The summed E-state index contributed by atoms with van der Waals surface area (Å²) in [7, 11) is 4.26. The summed E-state index contributed by atoms with van der Waals surface area (Å²) in [6, 6.07) is 12.5. The summed E-state index contributed by atoms with van der Waals surface area (Å²) in [4.78, 5) is 19.2. The van der Waals surface area contributed by atoms with E-state index in [1.165, 1.54) is 18.4 Å². The van der Waals surface area contributed by atoms with Crippen LogP contribution in [0.25, 0.3) is 32.9 Å². The highest BCUT2D eigenvalue weighted by molar-refractivity contribution is 6.00. The molecule has 8 heteroatoms. The molecule has 2 saturated heterocycles. The van der Waals surface area contributed by atoms with Crippen LogP contribution in [0.1, 0.15) is 70.8 Å². The van der Waals surface area contributed by atoms with Crippen molar-refractivity contribution >= 4 is 27.5 Å². The molecule has 0 spiro atoms. The summed E-state index contributed by atoms with van der Waals surface area (Å²) in [6.45, 7) is 10.1. The molecule has 1 aliphatic carbocycles. The number of nitrogens with one attached hydrogen (secondary N) is 1. The highest BCUT2D eigenvalue weighted by Gasteiger charge is 2.48. The van der Waals surface area contributed by atoms with Gasteiger partial charge < -0.3 is 15.0 Å². The van der Waals surface area contributed by atoms with Crippen LogP contribution in [-0.2, 0) is 0 Å². The van der Waals surface area contributed by atoms with E-state index in [2.05, 4.69) is 74.2 Å². The van der Waals surface area contributed by atoms with Crippen LogP contribution in [0.5, 0.6) is 6.01 Å². The largest absolute Gasteiger partial charge is 0.461 e. The Kier molecular flexibility index (Phi) is 7.48. The first-order valence-electron chi connectivity index (χ1n) is 16.4. The highest BCUT2D eigenvalue weighted by Crippen LogP contribution is 2.42. The van der Waals surface area contributed by atoms with Crippen LogP contribution in [0, 0.1) is 11.7 Å². The molecular formula is C36H45FN6O. The Morgan fingerprint density at radius 2 is 1.89 bits per heavy atom. The quantitative estimate of drug-likeness (QED) is 0.218. The van der Waals surface area contributed by atoms with E-state index in [9.17, 15) is 0 Å². The Hall–Kier alpha value is -3.36. The molecule has 232 valence electrons. The van der Waals surface area contributed by atoms with Gasteiger partial charge in [0.15, 0.2) is 5.82 Å². The monoisotopic (exact) mass is 596 g/mol. The van der Waals surface area contributed by atoms with E-state index >= 15 is 4.39 Å². The number of likely N-dealkylation sites (N-methyl/N-ethyl adjacent to an activating group) is 1. The van der Waals surface area contributed by atoms with Crippen molar-refractivity contribution in [1.82, 2.24) is 24.8 Å². The van der Waals surface area contributed by atoms with Crippen molar-refractivity contribution in [2.75, 3.05) is 45.7 Å². The number of aromatic nitrogens is 3. The maximum Gasteiger partial charge on any atom is 0.319 e. The SMILES string of the molecule is CC(C)c1cccc2cccc(-c3ncc4c(NCC5(N(C)C)CCC5)nc(OC[C@@]56CCCN5C[C@H](C)C6)nc4c3F)c12. The molecule has 2 aliphatic heterocycles. The van der Waals surface area contributed by atoms with Crippen LogP contribution in [0.4, 0.5) is 10.2 Å². The maximum atomic E-state index is 16.8. The minimum absolute atomic E-state index is 0.0182. The van der Waals surface area contributed by atoms with E-state index in [-0.39, 0.29) is 28.5 Å². The van der Waals surface area contributed by atoms with Crippen molar-refractivity contribution in [3.05, 3.63) is 54.0 Å². The molecule has 7 rings (SSSR count). The topological polar surface area (TPSA) is 66.4 Å². The number of rotatable bonds is 9. The summed E-state index contributed by atoms with van der Waals surface area (Å²) in [5.41, 5.74) is 2.58. The number of hydrogen-bond donors (Lipinski definition) is 1. The standard InChI is InChI=1S/C36H45FN6O/c1-23(2)26-12-6-10-25-11-7-13-27(29(25)26)31-30(37)32-28(19-38-31)33(39-21-35(42(4)5)14-8-15-35)41-34(40-32)44-22-36-16-9-17-43(36)20-24(3)18-36/h6-7,10-13,19,23-24H,8-9,14-18,20-22H2,1-5H3,(H,39,40,41)/t24-,36+/m1/s1. The number of ether oxygens (including phenoxy) is 1. The smallest absolute Gasteiger partial charge is 0.319 e. The number of fused-ring (bicyclic) bond motifs is 3. The molecule has 3 fully saturated rings. The Morgan fingerprint density at radius 3 is 2.61 bits per heavy atom. The van der Waals surface area contributed by atoms with Gasteiger partial charge in [0, 0.05) is 30.4 Å². The second kappa shape index (κ2) is 11.2. The van der Waals surface area contributed by atoms with Crippen LogP contribution in [0.3, 0.4) is 0 Å². The molecule has 0 radical (unpaired) electrons. The van der Waals surface area contributed by atoms with Crippen molar-refractivity contribution in [3.63, 3.8) is 0 Å². The summed E-state index contributed by atoms with van der Waals surface area (Å²) in [5, 5.41) is 6.27. The van der Waals surface area contributed by atoms with Gasteiger partial charge in [-0.2, -0.15) is 9.97 Å². The van der Waals surface area contributed by atoms with Crippen molar-refractivity contribution in [2.45, 2.75) is 76.3 Å². The van der Waals surface area contributed by atoms with Crippen molar-refractivity contribution in [3.8, 4) is 17.3 Å². The van der Waals surface area contributed by atoms with E-state index < -0.39 is 5.82 Å². The molecule has 4 aromatic rings. The summed E-state index contributed by atoms with van der Waals surface area (Å²) in [6.07, 6.45) is 8.58. The minimum atomic E-state index is -0.440. The number of halogens is 1. The predicted octanol–water partition coefficient (Wildman–Crippen LogP) is 7.26. The van der Waals surface area contributed by atoms with Crippen molar-refractivity contribution < 1.29 is 9.13 Å². The van der Waals surface area contributed by atoms with Gasteiger partial charge in [-0.25, -0.2) is 4.39 Å². The lowest BCUT2D eigenvalue weighted by Gasteiger charge is -2.47. The van der Waals surface area contributed by atoms with E-state index in [0.29, 0.717) is 36.0 Å². The van der Waals surface area contributed by atoms with Crippen LogP contribution in [0.2, 0.25) is 0 Å². The first kappa shape index (κ1) is 29.4. The molecule has 2 aromatic carbocycles. The summed E-state index contributed by atoms with van der Waals surface area (Å²) < 4.78 is 23.2. The van der Waals surface area contributed by atoms with Gasteiger partial charge in [-0.3, -0.25) is 9.88 Å². The zero-order valence-electron chi connectivity index (χ0n) is 26.8. The second-order valence-electron chi connectivity index (χ2n) is 14.1. The molecule has 2 atom stereocenters. The van der Waals surface area contributed by atoms with Crippen LogP contribution in [-0.4, -0.2) is 76.2 Å². The lowest BCUT2D eigenvalue weighted by atomic mass is 9.75. The summed E-state index contributed by atoms with van der Waals surface area (Å²) >= 11 is 0. The average molecular weight is 597 g/mol. The molecule has 44 heavy (non-hydrogen) atoms. The van der Waals surface area contributed by atoms with E-state index in [1.54, 1.807) is 6.20 Å². The van der Waals surface area contributed by atoms with Crippen LogP contribution in [0.15, 0.2) is 42.6 Å². The zero-order valence-corrected chi connectivity index (χ0v) is 26.8. The van der Waals surface area contributed by atoms with Gasteiger partial charge >= 0.3 is 6.01 Å². The number of benzene rings is 2. The molecule has 3 aliphatic rings. The molecule has 4 heterocycles. The number of pyridine rings is 1. The van der Waals surface area contributed by atoms with Gasteiger partial charge in [0.2, 0.25) is 0 Å². The Morgan fingerprint density at radius 1 is 1.09 bits per heavy atom. The minimum Gasteiger partial charge on any atom is -0.461 e. The molecule has 0 unspecified atom stereocenters. The predicted molar refractivity (Wildman–Crippen MR) is 176 cm³/mol. The van der Waals surface area contributed by atoms with E-state index in [1.807, 2.05) is 12.1 Å². The van der Waals surface area contributed by atoms with Gasteiger partial charge in [-0.1, -0.05) is 57.2 Å². The Bertz CT molecular complexity index is 1700. The Labute approximate surface area is 260 Å². The third kappa shape index (κ3) is 4.91. The molecule has 0 amide bonds. The van der Waals surface area contributed by atoms with Crippen molar-refractivity contribution in [1.29, 1.82) is 0 Å². The average Bonchev–Trinajstić information content (AvgIpc) is 3.50. The molecule has 0 bridgehead atoms. The van der Waals surface area contributed by atoms with Gasteiger partial charge in [-0.05, 0) is 87.3 Å². The fourth-order valence-corrected chi connectivity index (χ4v) is 8.11. The summed E-state index contributed by atoms with van der Waals surface area (Å²) in [5.74, 6) is 1.06. The maximum absolute atomic E-state index is 16.8. The van der Waals surface area contributed by atoms with Gasteiger partial charge in [-0.15, -0.1) is 0 Å². The third-order valence-electron chi connectivity index (χ3n) is 10.8. The van der Waals surface area contributed by atoms with Crippen LogP contribution < -0.4 is 10.1 Å². The highest BCUT2D eigenvalue weighted by atomic mass is 19.1. The second-order valence-corrected chi connectivity index (χ2v) is 14.1. The zero-order chi connectivity index (χ0) is 30.6. The first-order valence-corrected chi connectivity index (χ1v) is 16.4. The lowest BCUT2D eigenvalue weighted by Crippen LogP contribution is -2.54. The fourth-order valence-electron chi connectivity index (χ4n) is 8.11. The van der Waals surface area contributed by atoms with E-state index in [4.69, 9.17) is 19.7 Å². The van der Waals surface area contributed by atoms with Gasteiger partial charge in [0.05, 0.1) is 10.9 Å². The number of hydrogen-bond acceptors (Lipinski definition) is 7. The van der Waals surface area contributed by atoms with Gasteiger partial charge in [0.1, 0.15) is 23.6 Å². The van der Waals surface area contributed by atoms with Gasteiger partial charge in [0.25, 0.3) is 0 Å². The molecule has 1 N–H and O–H groups in total.